The van der Waals surface area contributed by atoms with E-state index in [1.54, 1.807) is 0 Å². The van der Waals surface area contributed by atoms with Crippen molar-refractivity contribution < 1.29 is 14.3 Å². The number of methoxy groups -OCH3 is 1. The molecule has 3 heteroatoms. The summed E-state index contributed by atoms with van der Waals surface area (Å²) < 4.78 is 4.50. The lowest BCUT2D eigenvalue weighted by Crippen LogP contribution is -2.09. The van der Waals surface area contributed by atoms with Crippen LogP contribution in [0.3, 0.4) is 0 Å². The average molecular weight is 327 g/mol. The minimum atomic E-state index is -0.422. The molecule has 0 amide bonds. The molecular formula is C20H38O3. The van der Waals surface area contributed by atoms with Gasteiger partial charge in [-0.25, -0.2) is 0 Å². The number of ether oxygens (including phenoxy) is 1. The molecule has 0 spiro atoms. The summed E-state index contributed by atoms with van der Waals surface area (Å²) in [6.07, 6.45) is 10.3. The van der Waals surface area contributed by atoms with E-state index in [9.17, 15) is 9.59 Å². The van der Waals surface area contributed by atoms with Crippen LogP contribution in [-0.2, 0) is 14.3 Å². The van der Waals surface area contributed by atoms with Gasteiger partial charge in [-0.05, 0) is 24.2 Å². The maximum atomic E-state index is 11.5. The van der Waals surface area contributed by atoms with E-state index >= 15 is 0 Å². The number of carbonyl (C=O) groups excluding carboxylic acids is 2. The highest BCUT2D eigenvalue weighted by atomic mass is 16.5. The fourth-order valence-corrected chi connectivity index (χ4v) is 2.95. The SMILES string of the molecule is COC(=O)CC(=O)CCC[C@H](C)CCC[C@H](C)CCCC(C)C. The van der Waals surface area contributed by atoms with Crippen LogP contribution in [0, 0.1) is 17.8 Å². The Morgan fingerprint density at radius 3 is 1.74 bits per heavy atom. The maximum absolute atomic E-state index is 11.5. The Balaban J connectivity index is 3.58. The molecule has 0 unspecified atom stereocenters. The lowest BCUT2D eigenvalue weighted by atomic mass is 9.91. The van der Waals surface area contributed by atoms with Gasteiger partial charge in [-0.1, -0.05) is 72.6 Å². The van der Waals surface area contributed by atoms with Crippen LogP contribution in [0.4, 0.5) is 0 Å². The number of ketones is 1. The van der Waals surface area contributed by atoms with Crippen LogP contribution in [0.1, 0.15) is 91.9 Å². The molecule has 136 valence electrons. The molecule has 0 aliphatic rings. The number of Topliss-reactive ketones (excluding diaryl/α,β-unsaturated/α-hetero) is 1. The zero-order chi connectivity index (χ0) is 17.7. The lowest BCUT2D eigenvalue weighted by Gasteiger charge is -2.15. The van der Waals surface area contributed by atoms with Gasteiger partial charge < -0.3 is 4.74 Å². The first-order valence-electron chi connectivity index (χ1n) is 9.43. The first-order chi connectivity index (χ1) is 10.8. The fraction of sp³-hybridized carbons (Fsp3) is 0.900. The van der Waals surface area contributed by atoms with Crippen molar-refractivity contribution in [3.05, 3.63) is 0 Å². The molecule has 0 aromatic rings. The van der Waals surface area contributed by atoms with Crippen molar-refractivity contribution in [2.45, 2.75) is 91.9 Å². The molecule has 0 aromatic heterocycles. The fourth-order valence-electron chi connectivity index (χ4n) is 2.95. The van der Waals surface area contributed by atoms with Gasteiger partial charge >= 0.3 is 5.97 Å². The first kappa shape index (κ1) is 22.1. The van der Waals surface area contributed by atoms with Gasteiger partial charge in [0.25, 0.3) is 0 Å². The van der Waals surface area contributed by atoms with Crippen molar-refractivity contribution >= 4 is 11.8 Å². The minimum Gasteiger partial charge on any atom is -0.469 e. The molecule has 0 heterocycles. The zero-order valence-corrected chi connectivity index (χ0v) is 16.0. The Morgan fingerprint density at radius 2 is 1.26 bits per heavy atom. The highest BCUT2D eigenvalue weighted by Gasteiger charge is 2.11. The summed E-state index contributed by atoms with van der Waals surface area (Å²) in [4.78, 5) is 22.5. The number of rotatable bonds is 14. The Bertz CT molecular complexity index is 323. The smallest absolute Gasteiger partial charge is 0.313 e. The van der Waals surface area contributed by atoms with Crippen molar-refractivity contribution in [1.82, 2.24) is 0 Å². The number of esters is 1. The first-order valence-corrected chi connectivity index (χ1v) is 9.43. The van der Waals surface area contributed by atoms with Crippen LogP contribution in [0.2, 0.25) is 0 Å². The second kappa shape index (κ2) is 13.6. The van der Waals surface area contributed by atoms with Crippen LogP contribution >= 0.6 is 0 Å². The van der Waals surface area contributed by atoms with Gasteiger partial charge in [0.05, 0.1) is 7.11 Å². The number of carbonyl (C=O) groups is 2. The van der Waals surface area contributed by atoms with Crippen molar-refractivity contribution in [2.75, 3.05) is 7.11 Å². The highest BCUT2D eigenvalue weighted by molar-refractivity contribution is 5.95. The molecule has 0 rings (SSSR count). The van der Waals surface area contributed by atoms with Gasteiger partial charge in [-0.3, -0.25) is 9.59 Å². The van der Waals surface area contributed by atoms with Crippen molar-refractivity contribution in [1.29, 1.82) is 0 Å². The van der Waals surface area contributed by atoms with E-state index in [-0.39, 0.29) is 12.2 Å². The molecule has 0 N–H and O–H groups in total. The van der Waals surface area contributed by atoms with Crippen LogP contribution in [0.25, 0.3) is 0 Å². The lowest BCUT2D eigenvalue weighted by molar-refractivity contribution is -0.143. The maximum Gasteiger partial charge on any atom is 0.313 e. The van der Waals surface area contributed by atoms with Gasteiger partial charge in [-0.2, -0.15) is 0 Å². The molecule has 0 aliphatic carbocycles. The van der Waals surface area contributed by atoms with Crippen LogP contribution in [0.5, 0.6) is 0 Å². The Hall–Kier alpha value is -0.860. The van der Waals surface area contributed by atoms with E-state index in [2.05, 4.69) is 32.4 Å². The molecular weight excluding hydrogens is 288 g/mol. The predicted octanol–water partition coefficient (Wildman–Crippen LogP) is 5.56. The van der Waals surface area contributed by atoms with Crippen molar-refractivity contribution in [2.24, 2.45) is 17.8 Å². The van der Waals surface area contributed by atoms with E-state index in [0.717, 1.165) is 24.7 Å². The third-order valence-corrected chi connectivity index (χ3v) is 4.59. The largest absolute Gasteiger partial charge is 0.469 e. The normalized spacial score (nSPS) is 13.8. The van der Waals surface area contributed by atoms with Crippen LogP contribution in [0.15, 0.2) is 0 Å². The summed E-state index contributed by atoms with van der Waals surface area (Å²) in [5, 5.41) is 0. The molecule has 2 atom stereocenters. The minimum absolute atomic E-state index is 0.00262. The molecule has 3 nitrogen and oxygen atoms in total. The quantitative estimate of drug-likeness (QED) is 0.310. The van der Waals surface area contributed by atoms with Gasteiger partial charge in [0.15, 0.2) is 0 Å². The summed E-state index contributed by atoms with van der Waals surface area (Å²) in [6, 6.07) is 0. The Labute approximate surface area is 143 Å². The molecule has 0 fully saturated rings. The molecule has 0 radical (unpaired) electrons. The van der Waals surface area contributed by atoms with Crippen molar-refractivity contribution in [3.63, 3.8) is 0 Å². The topological polar surface area (TPSA) is 43.4 Å². The molecule has 0 saturated carbocycles. The summed E-state index contributed by atoms with van der Waals surface area (Å²) in [7, 11) is 1.32. The molecule has 0 aromatic carbocycles. The second-order valence-electron chi connectivity index (χ2n) is 7.65. The molecule has 23 heavy (non-hydrogen) atoms. The van der Waals surface area contributed by atoms with E-state index in [4.69, 9.17) is 0 Å². The van der Waals surface area contributed by atoms with E-state index in [0.29, 0.717) is 12.3 Å². The van der Waals surface area contributed by atoms with E-state index in [1.165, 1.54) is 45.6 Å². The standard InChI is InChI=1S/C20H38O3/c1-16(2)9-6-10-17(3)11-7-12-18(4)13-8-14-19(21)15-20(22)23-5/h16-18H,6-15H2,1-5H3/t17-,18-/m1/s1. The average Bonchev–Trinajstić information content (AvgIpc) is 2.46. The third-order valence-electron chi connectivity index (χ3n) is 4.59. The van der Waals surface area contributed by atoms with Gasteiger partial charge in [0.2, 0.25) is 0 Å². The molecule has 0 saturated heterocycles. The summed E-state index contributed by atoms with van der Waals surface area (Å²) in [5.74, 6) is 1.91. The van der Waals surface area contributed by atoms with Crippen LogP contribution < -0.4 is 0 Å². The van der Waals surface area contributed by atoms with Crippen LogP contribution in [-0.4, -0.2) is 18.9 Å². The summed E-state index contributed by atoms with van der Waals surface area (Å²) in [5.41, 5.74) is 0. The second-order valence-corrected chi connectivity index (χ2v) is 7.65. The zero-order valence-electron chi connectivity index (χ0n) is 16.0. The molecule has 0 aliphatic heterocycles. The summed E-state index contributed by atoms with van der Waals surface area (Å²) >= 11 is 0. The Morgan fingerprint density at radius 1 is 0.783 bits per heavy atom. The summed E-state index contributed by atoms with van der Waals surface area (Å²) in [6.45, 7) is 9.23. The van der Waals surface area contributed by atoms with Gasteiger partial charge in [0, 0.05) is 6.42 Å². The van der Waals surface area contributed by atoms with E-state index in [1.807, 2.05) is 0 Å². The number of hydrogen-bond donors (Lipinski definition) is 0. The molecule has 0 bridgehead atoms. The van der Waals surface area contributed by atoms with Crippen molar-refractivity contribution in [3.8, 4) is 0 Å². The van der Waals surface area contributed by atoms with E-state index < -0.39 is 5.97 Å². The monoisotopic (exact) mass is 326 g/mol. The highest BCUT2D eigenvalue weighted by Crippen LogP contribution is 2.21. The Kier molecular flexibility index (Phi) is 13.1. The van der Waals surface area contributed by atoms with Gasteiger partial charge in [0.1, 0.15) is 12.2 Å². The predicted molar refractivity (Wildman–Crippen MR) is 96.4 cm³/mol. The third kappa shape index (κ3) is 14.5. The van der Waals surface area contributed by atoms with Gasteiger partial charge in [-0.15, -0.1) is 0 Å². The number of hydrogen-bond acceptors (Lipinski definition) is 3.